The fraction of sp³-hybridized carbons (Fsp3) is 0.375. The van der Waals surface area contributed by atoms with Crippen molar-refractivity contribution in [3.8, 4) is 5.75 Å². The molecule has 0 aromatic heterocycles. The van der Waals surface area contributed by atoms with Crippen LogP contribution in [-0.2, 0) is 0 Å². The smallest absolute Gasteiger partial charge is 0.184 e. The van der Waals surface area contributed by atoms with E-state index in [1.54, 1.807) is 6.21 Å². The molecule has 114 valence electrons. The number of hydrogen-bond acceptors (Lipinski definition) is 3. The van der Waals surface area contributed by atoms with Gasteiger partial charge in [-0.15, -0.1) is 0 Å². The molecule has 4 nitrogen and oxygen atoms in total. The molecule has 0 aliphatic heterocycles. The van der Waals surface area contributed by atoms with Gasteiger partial charge in [0.15, 0.2) is 5.11 Å². The van der Waals surface area contributed by atoms with E-state index < -0.39 is 0 Å². The van der Waals surface area contributed by atoms with Gasteiger partial charge in [0.1, 0.15) is 12.4 Å². The van der Waals surface area contributed by atoms with Crippen LogP contribution in [0.15, 0.2) is 41.5 Å². The first-order valence-electron chi connectivity index (χ1n) is 6.74. The van der Waals surface area contributed by atoms with Gasteiger partial charge in [0.2, 0.25) is 0 Å². The highest BCUT2D eigenvalue weighted by Crippen LogP contribution is 2.23. The summed E-state index contributed by atoms with van der Waals surface area (Å²) in [5.74, 6) is 0.810. The van der Waals surface area contributed by atoms with Crippen LogP contribution in [-0.4, -0.2) is 17.9 Å². The first-order valence-corrected chi connectivity index (χ1v) is 7.15. The zero-order valence-corrected chi connectivity index (χ0v) is 13.7. The number of benzene rings is 1. The van der Waals surface area contributed by atoms with Gasteiger partial charge in [-0.05, 0) is 59.5 Å². The van der Waals surface area contributed by atoms with E-state index in [0.717, 1.165) is 23.3 Å². The fourth-order valence-corrected chi connectivity index (χ4v) is 1.86. The van der Waals surface area contributed by atoms with Crippen molar-refractivity contribution in [3.63, 3.8) is 0 Å². The maximum absolute atomic E-state index is 5.71. The summed E-state index contributed by atoms with van der Waals surface area (Å²) in [4.78, 5) is 0. The lowest BCUT2D eigenvalue weighted by atomic mass is 9.89. The zero-order valence-electron chi connectivity index (χ0n) is 12.8. The number of hydrogen-bond donors (Lipinski definition) is 2. The van der Waals surface area contributed by atoms with Gasteiger partial charge in [0, 0.05) is 0 Å². The molecule has 0 unspecified atom stereocenters. The Labute approximate surface area is 132 Å². The Morgan fingerprint density at radius 1 is 1.38 bits per heavy atom. The quantitative estimate of drug-likeness (QED) is 0.367. The van der Waals surface area contributed by atoms with E-state index in [-0.39, 0.29) is 10.5 Å². The third-order valence-electron chi connectivity index (χ3n) is 2.49. The summed E-state index contributed by atoms with van der Waals surface area (Å²) in [7, 11) is 0. The lowest BCUT2D eigenvalue weighted by Gasteiger charge is -2.19. The molecule has 0 heterocycles. The third kappa shape index (κ3) is 8.09. The van der Waals surface area contributed by atoms with Crippen molar-refractivity contribution in [2.24, 2.45) is 16.3 Å². The number of nitrogens with one attached hydrogen (secondary N) is 1. The minimum Gasteiger partial charge on any atom is -0.489 e. The first kappa shape index (κ1) is 17.2. The van der Waals surface area contributed by atoms with Crippen LogP contribution in [0.25, 0.3) is 0 Å². The molecule has 1 rings (SSSR count). The Kier molecular flexibility index (Phi) is 6.37. The Morgan fingerprint density at radius 2 is 2.00 bits per heavy atom. The largest absolute Gasteiger partial charge is 0.489 e. The van der Waals surface area contributed by atoms with Crippen molar-refractivity contribution in [1.82, 2.24) is 5.43 Å². The third-order valence-corrected chi connectivity index (χ3v) is 2.58. The van der Waals surface area contributed by atoms with Crippen LogP contribution in [0.5, 0.6) is 5.75 Å². The number of nitrogens with two attached hydrogens (primary N) is 1. The summed E-state index contributed by atoms with van der Waals surface area (Å²) in [6.07, 6.45) is 2.59. The molecule has 0 aliphatic rings. The molecule has 0 saturated carbocycles. The average Bonchev–Trinajstić information content (AvgIpc) is 2.35. The van der Waals surface area contributed by atoms with Gasteiger partial charge in [0.05, 0.1) is 6.21 Å². The van der Waals surface area contributed by atoms with Crippen molar-refractivity contribution in [2.75, 3.05) is 6.61 Å². The molecule has 3 N–H and O–H groups in total. The van der Waals surface area contributed by atoms with Crippen LogP contribution >= 0.6 is 12.2 Å². The van der Waals surface area contributed by atoms with Gasteiger partial charge < -0.3 is 10.5 Å². The fourth-order valence-electron chi connectivity index (χ4n) is 1.81. The van der Waals surface area contributed by atoms with Gasteiger partial charge in [-0.1, -0.05) is 27.4 Å². The summed E-state index contributed by atoms with van der Waals surface area (Å²) in [6, 6.07) is 7.61. The molecule has 0 fully saturated rings. The SMILES string of the molecule is C=C(COc1ccc(C=NNC(N)=S)cc1)CC(C)(C)C. The number of thiocarbonyl (C=S) groups is 1. The monoisotopic (exact) mass is 305 g/mol. The molecule has 1 aromatic carbocycles. The predicted octanol–water partition coefficient (Wildman–Crippen LogP) is 3.22. The average molecular weight is 305 g/mol. The van der Waals surface area contributed by atoms with Crippen molar-refractivity contribution >= 4 is 23.5 Å². The van der Waals surface area contributed by atoms with E-state index in [1.165, 1.54) is 0 Å². The van der Waals surface area contributed by atoms with Crippen molar-refractivity contribution in [1.29, 1.82) is 0 Å². The second-order valence-electron chi connectivity index (χ2n) is 6.08. The van der Waals surface area contributed by atoms with Gasteiger partial charge >= 0.3 is 0 Å². The Balaban J connectivity index is 2.46. The van der Waals surface area contributed by atoms with E-state index >= 15 is 0 Å². The molecule has 0 saturated heterocycles. The van der Waals surface area contributed by atoms with E-state index in [9.17, 15) is 0 Å². The lowest BCUT2D eigenvalue weighted by molar-refractivity contribution is 0.323. The van der Waals surface area contributed by atoms with Crippen LogP contribution in [0.2, 0.25) is 0 Å². The summed E-state index contributed by atoms with van der Waals surface area (Å²) in [5, 5.41) is 4.03. The summed E-state index contributed by atoms with van der Waals surface area (Å²) in [6.45, 7) is 11.2. The van der Waals surface area contributed by atoms with Gasteiger partial charge in [-0.3, -0.25) is 5.43 Å². The second kappa shape index (κ2) is 7.78. The van der Waals surface area contributed by atoms with Gasteiger partial charge in [-0.2, -0.15) is 5.10 Å². The van der Waals surface area contributed by atoms with E-state index in [4.69, 9.17) is 10.5 Å². The van der Waals surface area contributed by atoms with Crippen LogP contribution in [0.1, 0.15) is 32.8 Å². The summed E-state index contributed by atoms with van der Waals surface area (Å²) >= 11 is 4.65. The summed E-state index contributed by atoms with van der Waals surface area (Å²) in [5.41, 5.74) is 10.0. The summed E-state index contributed by atoms with van der Waals surface area (Å²) < 4.78 is 5.71. The highest BCUT2D eigenvalue weighted by Gasteiger charge is 2.12. The topological polar surface area (TPSA) is 59.6 Å². The molecule has 0 spiro atoms. The predicted molar refractivity (Wildman–Crippen MR) is 92.7 cm³/mol. The van der Waals surface area contributed by atoms with Crippen LogP contribution in [0, 0.1) is 5.41 Å². The van der Waals surface area contributed by atoms with Gasteiger partial charge in [-0.25, -0.2) is 0 Å². The minimum atomic E-state index is 0.142. The maximum atomic E-state index is 5.71. The van der Waals surface area contributed by atoms with Crippen molar-refractivity contribution in [2.45, 2.75) is 27.2 Å². The lowest BCUT2D eigenvalue weighted by Crippen LogP contribution is -2.23. The Hall–Kier alpha value is -1.88. The number of hydrazone groups is 1. The molecule has 5 heteroatoms. The molecule has 0 atom stereocenters. The molecule has 21 heavy (non-hydrogen) atoms. The van der Waals surface area contributed by atoms with E-state index in [0.29, 0.717) is 6.61 Å². The zero-order chi connectivity index (χ0) is 15.9. The highest BCUT2D eigenvalue weighted by atomic mass is 32.1. The van der Waals surface area contributed by atoms with Crippen LogP contribution in [0.4, 0.5) is 0 Å². The molecule has 0 amide bonds. The Morgan fingerprint density at radius 3 is 2.52 bits per heavy atom. The van der Waals surface area contributed by atoms with E-state index in [1.807, 2.05) is 24.3 Å². The van der Waals surface area contributed by atoms with Gasteiger partial charge in [0.25, 0.3) is 0 Å². The minimum absolute atomic E-state index is 0.142. The standard InChI is InChI=1S/C16H23N3OS/c1-12(9-16(2,3)4)11-20-14-7-5-13(6-8-14)10-18-19-15(17)21/h5-8,10H,1,9,11H2,2-4H3,(H3,17,19,21). The highest BCUT2D eigenvalue weighted by molar-refractivity contribution is 7.80. The second-order valence-corrected chi connectivity index (χ2v) is 6.52. The van der Waals surface area contributed by atoms with Crippen molar-refractivity contribution < 1.29 is 4.74 Å². The molecule has 0 radical (unpaired) electrons. The Bertz CT molecular complexity index is 515. The molecule has 0 aliphatic carbocycles. The number of rotatable bonds is 6. The number of ether oxygens (including phenoxy) is 1. The van der Waals surface area contributed by atoms with Crippen molar-refractivity contribution in [3.05, 3.63) is 42.0 Å². The number of nitrogens with zero attached hydrogens (tertiary/aromatic N) is 1. The maximum Gasteiger partial charge on any atom is 0.184 e. The first-order chi connectivity index (χ1) is 9.76. The molecule has 0 bridgehead atoms. The van der Waals surface area contributed by atoms with Crippen LogP contribution in [0.3, 0.4) is 0 Å². The van der Waals surface area contributed by atoms with E-state index in [2.05, 4.69) is 50.1 Å². The van der Waals surface area contributed by atoms with Crippen LogP contribution < -0.4 is 15.9 Å². The molecule has 1 aromatic rings. The molecular weight excluding hydrogens is 282 g/mol. The normalized spacial score (nSPS) is 11.4. The molecular formula is C16H23N3OS.